The second kappa shape index (κ2) is 4.18. The first-order valence-corrected chi connectivity index (χ1v) is 6.17. The van der Waals surface area contributed by atoms with Crippen LogP contribution in [0.2, 0.25) is 0 Å². The first kappa shape index (κ1) is 12.2. The molecule has 0 amide bonds. The van der Waals surface area contributed by atoms with E-state index >= 15 is 0 Å². The average molecular weight is 296 g/mol. The van der Waals surface area contributed by atoms with Gasteiger partial charge in [0.2, 0.25) is 0 Å². The smallest absolute Gasteiger partial charge is 0.310 e. The molecule has 1 aromatic carbocycles. The van der Waals surface area contributed by atoms with Crippen LogP contribution >= 0.6 is 15.9 Å². The minimum absolute atomic E-state index is 0.461. The number of carboxylic acids is 1. The Morgan fingerprint density at radius 2 is 2.12 bits per heavy atom. The largest absolute Gasteiger partial charge is 0.481 e. The molecule has 0 unspecified atom stereocenters. The zero-order valence-electron chi connectivity index (χ0n) is 9.77. The van der Waals surface area contributed by atoms with Crippen LogP contribution in [0.5, 0.6) is 0 Å². The molecule has 1 aromatic heterocycles. The normalized spacial score (nSPS) is 11.9. The van der Waals surface area contributed by atoms with Gasteiger partial charge in [-0.25, -0.2) is 0 Å². The topological polar surface area (TPSA) is 42.2 Å². The maximum atomic E-state index is 11.1. The van der Waals surface area contributed by atoms with Crippen molar-refractivity contribution in [1.29, 1.82) is 0 Å². The van der Waals surface area contributed by atoms with Crippen LogP contribution in [0.3, 0.4) is 0 Å². The molecule has 0 aliphatic carbocycles. The lowest BCUT2D eigenvalue weighted by Crippen LogP contribution is -2.28. The maximum Gasteiger partial charge on any atom is 0.310 e. The van der Waals surface area contributed by atoms with Crippen molar-refractivity contribution in [3.8, 4) is 0 Å². The highest BCUT2D eigenvalue weighted by atomic mass is 79.9. The van der Waals surface area contributed by atoms with Crippen molar-refractivity contribution in [2.75, 3.05) is 0 Å². The summed E-state index contributed by atoms with van der Waals surface area (Å²) < 4.78 is 2.98. The molecule has 4 heteroatoms. The second-order valence-corrected chi connectivity index (χ2v) is 5.75. The highest BCUT2D eigenvalue weighted by Gasteiger charge is 2.27. The van der Waals surface area contributed by atoms with Gasteiger partial charge in [0.1, 0.15) is 0 Å². The fourth-order valence-corrected chi connectivity index (χ4v) is 2.14. The summed E-state index contributed by atoms with van der Waals surface area (Å²) >= 11 is 3.43. The Bertz CT molecular complexity index is 572. The van der Waals surface area contributed by atoms with Crippen LogP contribution in [-0.4, -0.2) is 15.6 Å². The van der Waals surface area contributed by atoms with Crippen molar-refractivity contribution >= 4 is 32.8 Å². The molecule has 2 aromatic rings. The number of fused-ring (bicyclic) bond motifs is 1. The molecule has 0 saturated heterocycles. The summed E-state index contributed by atoms with van der Waals surface area (Å²) in [5.74, 6) is -0.783. The molecular weight excluding hydrogens is 282 g/mol. The molecule has 0 radical (unpaired) electrons. The molecule has 0 saturated carbocycles. The van der Waals surface area contributed by atoms with E-state index in [1.165, 1.54) is 0 Å². The van der Waals surface area contributed by atoms with Gasteiger partial charge >= 0.3 is 5.97 Å². The highest BCUT2D eigenvalue weighted by molar-refractivity contribution is 9.10. The number of hydrogen-bond donors (Lipinski definition) is 1. The maximum absolute atomic E-state index is 11.1. The van der Waals surface area contributed by atoms with E-state index in [1.807, 2.05) is 35.0 Å². The fraction of sp³-hybridized carbons (Fsp3) is 0.308. The molecule has 0 spiro atoms. The standard InChI is InChI=1S/C13H14BrNO2/c1-13(2,12(16)17)8-15-6-5-9-3-4-10(14)7-11(9)15/h3-7H,8H2,1-2H3,(H,16,17). The fourth-order valence-electron chi connectivity index (χ4n) is 1.79. The van der Waals surface area contributed by atoms with Gasteiger partial charge < -0.3 is 9.67 Å². The molecule has 0 aliphatic heterocycles. The molecule has 90 valence electrons. The van der Waals surface area contributed by atoms with E-state index in [4.69, 9.17) is 5.11 Å². The van der Waals surface area contributed by atoms with Crippen molar-refractivity contribution in [3.63, 3.8) is 0 Å². The Hall–Kier alpha value is -1.29. The van der Waals surface area contributed by atoms with E-state index in [2.05, 4.69) is 15.9 Å². The van der Waals surface area contributed by atoms with E-state index in [0.29, 0.717) is 6.54 Å². The zero-order chi connectivity index (χ0) is 12.6. The lowest BCUT2D eigenvalue weighted by Gasteiger charge is -2.20. The first-order valence-electron chi connectivity index (χ1n) is 5.38. The van der Waals surface area contributed by atoms with Crippen molar-refractivity contribution in [2.45, 2.75) is 20.4 Å². The Kier molecular flexibility index (Phi) is 3.00. The van der Waals surface area contributed by atoms with E-state index in [9.17, 15) is 4.79 Å². The van der Waals surface area contributed by atoms with Crippen LogP contribution < -0.4 is 0 Å². The number of rotatable bonds is 3. The summed E-state index contributed by atoms with van der Waals surface area (Å²) in [6.07, 6.45) is 1.93. The van der Waals surface area contributed by atoms with Gasteiger partial charge in [-0.3, -0.25) is 4.79 Å². The minimum Gasteiger partial charge on any atom is -0.481 e. The molecular formula is C13H14BrNO2. The summed E-state index contributed by atoms with van der Waals surface area (Å²) in [6, 6.07) is 8.01. The van der Waals surface area contributed by atoms with E-state index in [0.717, 1.165) is 15.4 Å². The molecule has 3 nitrogen and oxygen atoms in total. The average Bonchev–Trinajstić information content (AvgIpc) is 2.60. The monoisotopic (exact) mass is 295 g/mol. The molecule has 1 N–H and O–H groups in total. The van der Waals surface area contributed by atoms with E-state index in [1.54, 1.807) is 13.8 Å². The highest BCUT2D eigenvalue weighted by Crippen LogP contribution is 2.25. The van der Waals surface area contributed by atoms with Crippen LogP contribution in [0.25, 0.3) is 10.9 Å². The summed E-state index contributed by atoms with van der Waals surface area (Å²) in [7, 11) is 0. The van der Waals surface area contributed by atoms with Gasteiger partial charge in [-0.2, -0.15) is 0 Å². The molecule has 0 atom stereocenters. The zero-order valence-corrected chi connectivity index (χ0v) is 11.4. The summed E-state index contributed by atoms with van der Waals surface area (Å²) in [4.78, 5) is 11.1. The van der Waals surface area contributed by atoms with Crippen LogP contribution in [0, 0.1) is 5.41 Å². The number of nitrogens with zero attached hydrogens (tertiary/aromatic N) is 1. The molecule has 2 rings (SSSR count). The van der Waals surface area contributed by atoms with Gasteiger partial charge in [-0.05, 0) is 37.4 Å². The van der Waals surface area contributed by atoms with Crippen molar-refractivity contribution in [2.24, 2.45) is 5.41 Å². The van der Waals surface area contributed by atoms with Crippen molar-refractivity contribution < 1.29 is 9.90 Å². The second-order valence-electron chi connectivity index (χ2n) is 4.84. The van der Waals surface area contributed by atoms with Gasteiger partial charge in [0.05, 0.1) is 5.41 Å². The summed E-state index contributed by atoms with van der Waals surface area (Å²) in [5, 5.41) is 10.3. The number of aromatic nitrogens is 1. The molecule has 0 aliphatic rings. The lowest BCUT2D eigenvalue weighted by molar-refractivity contribution is -0.147. The van der Waals surface area contributed by atoms with E-state index < -0.39 is 11.4 Å². The SMILES string of the molecule is CC(C)(Cn1ccc2ccc(Br)cc21)C(=O)O. The summed E-state index contributed by atoms with van der Waals surface area (Å²) in [6.45, 7) is 3.93. The van der Waals surface area contributed by atoms with Crippen molar-refractivity contribution in [1.82, 2.24) is 4.57 Å². The van der Waals surface area contributed by atoms with Gasteiger partial charge in [-0.15, -0.1) is 0 Å². The van der Waals surface area contributed by atoms with Crippen LogP contribution in [0.4, 0.5) is 0 Å². The Morgan fingerprint density at radius 3 is 2.76 bits per heavy atom. The Balaban J connectivity index is 2.43. The van der Waals surface area contributed by atoms with Crippen LogP contribution in [0.15, 0.2) is 34.9 Å². The number of benzene rings is 1. The predicted molar refractivity (Wildman–Crippen MR) is 71.1 cm³/mol. The van der Waals surface area contributed by atoms with Crippen LogP contribution in [0.1, 0.15) is 13.8 Å². The number of carboxylic acid groups (broad SMARTS) is 1. The van der Waals surface area contributed by atoms with Crippen LogP contribution in [-0.2, 0) is 11.3 Å². The molecule has 0 bridgehead atoms. The van der Waals surface area contributed by atoms with Crippen molar-refractivity contribution in [3.05, 3.63) is 34.9 Å². The summed E-state index contributed by atoms with van der Waals surface area (Å²) in [5.41, 5.74) is 0.280. The number of halogens is 1. The Labute approximate surface area is 108 Å². The van der Waals surface area contributed by atoms with Gasteiger partial charge in [0, 0.05) is 22.7 Å². The van der Waals surface area contributed by atoms with E-state index in [-0.39, 0.29) is 0 Å². The minimum atomic E-state index is -0.783. The quantitative estimate of drug-likeness (QED) is 0.941. The van der Waals surface area contributed by atoms with Gasteiger partial charge in [-0.1, -0.05) is 22.0 Å². The molecule has 17 heavy (non-hydrogen) atoms. The molecule has 0 fully saturated rings. The predicted octanol–water partition coefficient (Wildman–Crippen LogP) is 3.51. The lowest BCUT2D eigenvalue weighted by atomic mass is 9.94. The third-order valence-corrected chi connectivity index (χ3v) is 3.37. The van der Waals surface area contributed by atoms with Gasteiger partial charge in [0.25, 0.3) is 0 Å². The van der Waals surface area contributed by atoms with Gasteiger partial charge in [0.15, 0.2) is 0 Å². The number of carbonyl (C=O) groups is 1. The number of aliphatic carboxylic acids is 1. The first-order chi connectivity index (χ1) is 7.90. The Morgan fingerprint density at radius 1 is 1.41 bits per heavy atom. The number of hydrogen-bond acceptors (Lipinski definition) is 1. The molecule has 1 heterocycles. The third-order valence-electron chi connectivity index (χ3n) is 2.88. The third kappa shape index (κ3) is 2.36.